The third kappa shape index (κ3) is 2.93. The van der Waals surface area contributed by atoms with Gasteiger partial charge in [-0.05, 0) is 25.5 Å². The first-order valence-corrected chi connectivity index (χ1v) is 7.89. The number of carbonyl (C=O) groups excluding carboxylic acids is 1. The van der Waals surface area contributed by atoms with Gasteiger partial charge in [0.1, 0.15) is 5.69 Å². The topological polar surface area (TPSA) is 46.1 Å². The minimum absolute atomic E-state index is 0.0790. The number of carbonyl (C=O) groups is 1. The van der Waals surface area contributed by atoms with Crippen LogP contribution < -0.4 is 4.90 Å². The molecule has 1 aliphatic rings. The second-order valence-corrected chi connectivity index (χ2v) is 6.66. The fourth-order valence-corrected chi connectivity index (χ4v) is 3.45. The molecule has 0 N–H and O–H groups in total. The van der Waals surface area contributed by atoms with Crippen molar-refractivity contribution >= 4 is 23.4 Å². The number of hydrogen-bond donors (Lipinski definition) is 0. The first-order valence-electron chi connectivity index (χ1n) is 7.01. The molecule has 1 aliphatic heterocycles. The molecular formula is C16H17N3OS. The molecule has 0 aliphatic carbocycles. The van der Waals surface area contributed by atoms with E-state index in [0.717, 1.165) is 22.7 Å². The van der Waals surface area contributed by atoms with Crippen molar-refractivity contribution in [1.82, 2.24) is 9.97 Å². The van der Waals surface area contributed by atoms with Crippen LogP contribution in [-0.2, 0) is 0 Å². The number of para-hydroxylation sites is 1. The van der Waals surface area contributed by atoms with Gasteiger partial charge in [-0.3, -0.25) is 9.78 Å². The molecule has 4 nitrogen and oxygen atoms in total. The molecule has 0 fully saturated rings. The Balaban J connectivity index is 1.97. The van der Waals surface area contributed by atoms with Gasteiger partial charge in [0.25, 0.3) is 5.91 Å². The Hall–Kier alpha value is -1.88. The fourth-order valence-electron chi connectivity index (χ4n) is 2.34. The highest BCUT2D eigenvalue weighted by molar-refractivity contribution is 8.00. The summed E-state index contributed by atoms with van der Waals surface area (Å²) in [7, 11) is 0. The van der Waals surface area contributed by atoms with E-state index in [-0.39, 0.29) is 5.91 Å². The van der Waals surface area contributed by atoms with Crippen molar-refractivity contribution in [1.29, 1.82) is 0 Å². The minimum atomic E-state index is -0.0790. The molecule has 0 saturated heterocycles. The quantitative estimate of drug-likeness (QED) is 0.810. The SMILES string of the molecule is Cc1cnc(C(=O)N2CC[C@H](C)Sc3ccccc32)cn1. The molecule has 108 valence electrons. The molecule has 0 radical (unpaired) electrons. The standard InChI is InChI=1S/C16H17N3OS/c1-11-9-18-13(10-17-11)16(20)19-8-7-12(2)21-15-6-4-3-5-14(15)19/h3-6,9-10,12H,7-8H2,1-2H3/t12-/m0/s1. The summed E-state index contributed by atoms with van der Waals surface area (Å²) < 4.78 is 0. The van der Waals surface area contributed by atoms with Gasteiger partial charge >= 0.3 is 0 Å². The highest BCUT2D eigenvalue weighted by atomic mass is 32.2. The zero-order valence-electron chi connectivity index (χ0n) is 12.1. The second kappa shape index (κ2) is 5.85. The average Bonchev–Trinajstić information content (AvgIpc) is 2.65. The molecule has 1 aromatic carbocycles. The largest absolute Gasteiger partial charge is 0.306 e. The number of thioether (sulfide) groups is 1. The Kier molecular flexibility index (Phi) is 3.92. The van der Waals surface area contributed by atoms with Crippen LogP contribution in [0.1, 0.15) is 29.5 Å². The fraction of sp³-hybridized carbons (Fsp3) is 0.312. The van der Waals surface area contributed by atoms with E-state index in [4.69, 9.17) is 0 Å². The molecule has 1 atom stereocenters. The van der Waals surface area contributed by atoms with Crippen molar-refractivity contribution in [3.63, 3.8) is 0 Å². The van der Waals surface area contributed by atoms with Crippen LogP contribution in [0, 0.1) is 6.92 Å². The first kappa shape index (κ1) is 14.1. The summed E-state index contributed by atoms with van der Waals surface area (Å²) in [5.74, 6) is -0.0790. The Morgan fingerprint density at radius 3 is 2.86 bits per heavy atom. The number of aromatic nitrogens is 2. The summed E-state index contributed by atoms with van der Waals surface area (Å²) in [6.45, 7) is 4.77. The Morgan fingerprint density at radius 1 is 1.29 bits per heavy atom. The van der Waals surface area contributed by atoms with E-state index in [2.05, 4.69) is 23.0 Å². The maximum atomic E-state index is 12.7. The van der Waals surface area contributed by atoms with Crippen LogP contribution in [0.4, 0.5) is 5.69 Å². The van der Waals surface area contributed by atoms with Gasteiger partial charge in [-0.15, -0.1) is 11.8 Å². The number of aryl methyl sites for hydroxylation is 1. The third-order valence-corrected chi connectivity index (χ3v) is 4.73. The van der Waals surface area contributed by atoms with Gasteiger partial charge in [0.05, 0.1) is 17.6 Å². The van der Waals surface area contributed by atoms with E-state index >= 15 is 0 Å². The summed E-state index contributed by atoms with van der Waals surface area (Å²) in [5.41, 5.74) is 2.18. The molecule has 0 unspecified atom stereocenters. The third-order valence-electron chi connectivity index (χ3n) is 3.49. The van der Waals surface area contributed by atoms with E-state index in [1.807, 2.05) is 41.8 Å². The average molecular weight is 299 g/mol. The van der Waals surface area contributed by atoms with Gasteiger partial charge in [-0.25, -0.2) is 4.98 Å². The molecule has 0 bridgehead atoms. The van der Waals surface area contributed by atoms with Gasteiger partial charge in [0, 0.05) is 22.9 Å². The molecule has 1 aromatic heterocycles. The van der Waals surface area contributed by atoms with E-state index in [1.54, 1.807) is 12.4 Å². The molecule has 0 saturated carbocycles. The summed E-state index contributed by atoms with van der Waals surface area (Å²) >= 11 is 1.82. The molecule has 0 spiro atoms. The van der Waals surface area contributed by atoms with Crippen molar-refractivity contribution in [3.8, 4) is 0 Å². The number of amides is 1. The van der Waals surface area contributed by atoms with Gasteiger partial charge in [-0.2, -0.15) is 0 Å². The predicted octanol–water partition coefficient (Wildman–Crippen LogP) is 3.32. The molecule has 3 rings (SSSR count). The van der Waals surface area contributed by atoms with Gasteiger partial charge < -0.3 is 4.90 Å². The lowest BCUT2D eigenvalue weighted by molar-refractivity contribution is 0.0981. The van der Waals surface area contributed by atoms with Gasteiger partial charge in [0.2, 0.25) is 0 Å². The lowest BCUT2D eigenvalue weighted by Gasteiger charge is -2.21. The number of hydrogen-bond acceptors (Lipinski definition) is 4. The van der Waals surface area contributed by atoms with Gasteiger partial charge in [0.15, 0.2) is 0 Å². The van der Waals surface area contributed by atoms with E-state index < -0.39 is 0 Å². The van der Waals surface area contributed by atoms with E-state index in [0.29, 0.717) is 17.5 Å². The maximum absolute atomic E-state index is 12.7. The molecule has 21 heavy (non-hydrogen) atoms. The number of benzene rings is 1. The lowest BCUT2D eigenvalue weighted by atomic mass is 10.2. The van der Waals surface area contributed by atoms with Crippen molar-refractivity contribution in [2.45, 2.75) is 30.4 Å². The summed E-state index contributed by atoms with van der Waals surface area (Å²) in [6, 6.07) is 8.05. The normalized spacial score (nSPS) is 18.0. The number of fused-ring (bicyclic) bond motifs is 1. The summed E-state index contributed by atoms with van der Waals surface area (Å²) in [5, 5.41) is 0.494. The van der Waals surface area contributed by atoms with Crippen molar-refractivity contribution in [2.75, 3.05) is 11.4 Å². The van der Waals surface area contributed by atoms with Crippen LogP contribution in [0.25, 0.3) is 0 Å². The van der Waals surface area contributed by atoms with Crippen molar-refractivity contribution < 1.29 is 4.79 Å². The number of nitrogens with zero attached hydrogens (tertiary/aromatic N) is 3. The number of anilines is 1. The highest BCUT2D eigenvalue weighted by Gasteiger charge is 2.25. The molecule has 1 amide bonds. The van der Waals surface area contributed by atoms with Crippen LogP contribution in [0.15, 0.2) is 41.6 Å². The Morgan fingerprint density at radius 2 is 2.10 bits per heavy atom. The molecule has 2 aromatic rings. The van der Waals surface area contributed by atoms with Crippen molar-refractivity contribution in [2.24, 2.45) is 0 Å². The highest BCUT2D eigenvalue weighted by Crippen LogP contribution is 2.37. The van der Waals surface area contributed by atoms with E-state index in [1.165, 1.54) is 0 Å². The van der Waals surface area contributed by atoms with Crippen LogP contribution in [-0.4, -0.2) is 27.7 Å². The molecular weight excluding hydrogens is 282 g/mol. The lowest BCUT2D eigenvalue weighted by Crippen LogP contribution is -2.33. The molecule has 2 heterocycles. The summed E-state index contributed by atoms with van der Waals surface area (Å²) in [4.78, 5) is 24.1. The zero-order chi connectivity index (χ0) is 14.8. The zero-order valence-corrected chi connectivity index (χ0v) is 12.9. The molecule has 5 heteroatoms. The number of rotatable bonds is 1. The summed E-state index contributed by atoms with van der Waals surface area (Å²) in [6.07, 6.45) is 4.15. The van der Waals surface area contributed by atoms with Crippen LogP contribution in [0.5, 0.6) is 0 Å². The van der Waals surface area contributed by atoms with Crippen LogP contribution >= 0.6 is 11.8 Å². The van der Waals surface area contributed by atoms with Crippen LogP contribution in [0.2, 0.25) is 0 Å². The van der Waals surface area contributed by atoms with Crippen molar-refractivity contribution in [3.05, 3.63) is 48.0 Å². The van der Waals surface area contributed by atoms with Crippen LogP contribution in [0.3, 0.4) is 0 Å². The Bertz CT molecular complexity index is 657. The smallest absolute Gasteiger partial charge is 0.278 e. The first-order chi connectivity index (χ1) is 10.1. The minimum Gasteiger partial charge on any atom is -0.306 e. The second-order valence-electron chi connectivity index (χ2n) is 5.18. The Labute approximate surface area is 128 Å². The maximum Gasteiger partial charge on any atom is 0.278 e. The predicted molar refractivity (Wildman–Crippen MR) is 84.8 cm³/mol. The monoisotopic (exact) mass is 299 g/mol. The van der Waals surface area contributed by atoms with E-state index in [9.17, 15) is 4.79 Å². The van der Waals surface area contributed by atoms with Gasteiger partial charge in [-0.1, -0.05) is 19.1 Å².